The van der Waals surface area contributed by atoms with Gasteiger partial charge in [-0.15, -0.1) is 0 Å². The fourth-order valence-electron chi connectivity index (χ4n) is 1.72. The van der Waals surface area contributed by atoms with Crippen LogP contribution in [0, 0.1) is 11.3 Å². The normalized spacial score (nSPS) is 9.81. The van der Waals surface area contributed by atoms with Gasteiger partial charge < -0.3 is 20.5 Å². The second kappa shape index (κ2) is 6.20. The summed E-state index contributed by atoms with van der Waals surface area (Å²) in [5, 5.41) is 12.4. The fourth-order valence-corrected chi connectivity index (χ4v) is 1.97. The van der Waals surface area contributed by atoms with Crippen molar-refractivity contribution in [1.29, 1.82) is 5.26 Å². The second-order valence-corrected chi connectivity index (χ2v) is 4.47. The van der Waals surface area contributed by atoms with Gasteiger partial charge in [-0.1, -0.05) is 11.6 Å². The summed E-state index contributed by atoms with van der Waals surface area (Å²) < 4.78 is 10.4. The minimum atomic E-state index is 0.151. The molecule has 1 aromatic carbocycles. The van der Waals surface area contributed by atoms with E-state index in [4.69, 9.17) is 32.1 Å². The molecule has 0 aliphatic rings. The molecule has 6 nitrogen and oxygen atoms in total. The first-order valence-corrected chi connectivity index (χ1v) is 6.32. The van der Waals surface area contributed by atoms with Crippen molar-refractivity contribution in [3.63, 3.8) is 0 Å². The highest BCUT2D eigenvalue weighted by molar-refractivity contribution is 6.32. The van der Waals surface area contributed by atoms with Crippen LogP contribution in [0.1, 0.15) is 5.69 Å². The summed E-state index contributed by atoms with van der Waals surface area (Å²) in [4.78, 5) is 4.11. The van der Waals surface area contributed by atoms with Gasteiger partial charge in [-0.05, 0) is 18.2 Å². The Morgan fingerprint density at radius 2 is 1.95 bits per heavy atom. The maximum absolute atomic E-state index is 8.94. The number of rotatable bonds is 4. The van der Waals surface area contributed by atoms with Crippen molar-refractivity contribution >= 4 is 28.8 Å². The van der Waals surface area contributed by atoms with E-state index >= 15 is 0 Å². The summed E-state index contributed by atoms with van der Waals surface area (Å²) >= 11 is 6.10. The first-order valence-electron chi connectivity index (χ1n) is 5.94. The van der Waals surface area contributed by atoms with Crippen LogP contribution in [0.5, 0.6) is 11.5 Å². The van der Waals surface area contributed by atoms with Gasteiger partial charge in [0, 0.05) is 6.07 Å². The Balaban J connectivity index is 2.39. The quantitative estimate of drug-likeness (QED) is 0.902. The third-order valence-electron chi connectivity index (χ3n) is 2.77. The molecule has 1 heterocycles. The van der Waals surface area contributed by atoms with Crippen LogP contribution >= 0.6 is 11.6 Å². The van der Waals surface area contributed by atoms with E-state index in [0.717, 1.165) is 0 Å². The Morgan fingerprint density at radius 3 is 2.57 bits per heavy atom. The number of nitrogens with zero attached hydrogens (tertiary/aromatic N) is 2. The average Bonchev–Trinajstić information content (AvgIpc) is 2.49. The number of nitrogens with two attached hydrogens (primary N) is 1. The van der Waals surface area contributed by atoms with Gasteiger partial charge in [0.05, 0.1) is 30.6 Å². The van der Waals surface area contributed by atoms with Crippen LogP contribution in [0.2, 0.25) is 5.02 Å². The lowest BCUT2D eigenvalue weighted by molar-refractivity contribution is 0.396. The third-order valence-corrected chi connectivity index (χ3v) is 3.06. The molecule has 7 heteroatoms. The number of ether oxygens (including phenoxy) is 2. The number of nitrogen functional groups attached to an aromatic ring is 1. The molecule has 0 spiro atoms. The molecule has 0 radical (unpaired) electrons. The smallest absolute Gasteiger partial charge is 0.165 e. The molecule has 0 saturated heterocycles. The molecule has 2 rings (SSSR count). The Labute approximate surface area is 127 Å². The maximum atomic E-state index is 8.94. The van der Waals surface area contributed by atoms with Crippen LogP contribution in [0.15, 0.2) is 24.3 Å². The number of pyridine rings is 1. The Kier molecular flexibility index (Phi) is 4.36. The van der Waals surface area contributed by atoms with Crippen LogP contribution < -0.4 is 20.5 Å². The number of nitrogens with one attached hydrogen (secondary N) is 1. The van der Waals surface area contributed by atoms with Crippen LogP contribution in [-0.2, 0) is 0 Å². The summed E-state index contributed by atoms with van der Waals surface area (Å²) in [5.74, 6) is 1.50. The molecule has 0 atom stereocenters. The van der Waals surface area contributed by atoms with Crippen molar-refractivity contribution in [2.24, 2.45) is 0 Å². The lowest BCUT2D eigenvalue weighted by Crippen LogP contribution is -2.01. The zero-order valence-electron chi connectivity index (χ0n) is 11.5. The van der Waals surface area contributed by atoms with Gasteiger partial charge in [0.25, 0.3) is 0 Å². The van der Waals surface area contributed by atoms with E-state index in [1.165, 1.54) is 14.2 Å². The van der Waals surface area contributed by atoms with Crippen molar-refractivity contribution in [2.45, 2.75) is 0 Å². The molecule has 0 fully saturated rings. The first kappa shape index (κ1) is 14.8. The predicted molar refractivity (Wildman–Crippen MR) is 81.2 cm³/mol. The molecular formula is C14H13ClN4O2. The van der Waals surface area contributed by atoms with E-state index < -0.39 is 0 Å². The number of hydrogen-bond acceptors (Lipinski definition) is 6. The largest absolute Gasteiger partial charge is 0.495 e. The SMILES string of the molecule is COc1cc(OC)c(Nc2ccc(N)c(C#N)n2)cc1Cl. The van der Waals surface area contributed by atoms with Crippen molar-refractivity contribution in [2.75, 3.05) is 25.3 Å². The van der Waals surface area contributed by atoms with Gasteiger partial charge in [0.1, 0.15) is 23.4 Å². The summed E-state index contributed by atoms with van der Waals surface area (Å²) in [6.07, 6.45) is 0. The van der Waals surface area contributed by atoms with Gasteiger partial charge in [-0.2, -0.15) is 5.26 Å². The van der Waals surface area contributed by atoms with Crippen molar-refractivity contribution < 1.29 is 9.47 Å². The predicted octanol–water partition coefficient (Wildman–Crippen LogP) is 2.95. The topological polar surface area (TPSA) is 93.2 Å². The van der Waals surface area contributed by atoms with Crippen molar-refractivity contribution in [1.82, 2.24) is 4.98 Å². The van der Waals surface area contributed by atoms with Crippen LogP contribution in [-0.4, -0.2) is 19.2 Å². The molecule has 108 valence electrons. The van der Waals surface area contributed by atoms with Crippen molar-refractivity contribution in [3.05, 3.63) is 35.0 Å². The number of methoxy groups -OCH3 is 2. The molecule has 1 aromatic heterocycles. The molecule has 3 N–H and O–H groups in total. The van der Waals surface area contributed by atoms with E-state index in [2.05, 4.69) is 10.3 Å². The van der Waals surface area contributed by atoms with Crippen LogP contribution in [0.4, 0.5) is 17.2 Å². The fraction of sp³-hybridized carbons (Fsp3) is 0.143. The summed E-state index contributed by atoms with van der Waals surface area (Å²) in [5.41, 5.74) is 6.71. The van der Waals surface area contributed by atoms with Gasteiger partial charge >= 0.3 is 0 Å². The average molecular weight is 305 g/mol. The van der Waals surface area contributed by atoms with Crippen LogP contribution in [0.25, 0.3) is 0 Å². The molecular weight excluding hydrogens is 292 g/mol. The third kappa shape index (κ3) is 3.09. The Morgan fingerprint density at radius 1 is 1.24 bits per heavy atom. The lowest BCUT2D eigenvalue weighted by Gasteiger charge is -2.13. The Hall–Kier alpha value is -2.65. The highest BCUT2D eigenvalue weighted by Gasteiger charge is 2.11. The van der Waals surface area contributed by atoms with Crippen molar-refractivity contribution in [3.8, 4) is 17.6 Å². The monoisotopic (exact) mass is 304 g/mol. The number of halogens is 1. The van der Waals surface area contributed by atoms with E-state index in [-0.39, 0.29) is 5.69 Å². The highest BCUT2D eigenvalue weighted by Crippen LogP contribution is 2.37. The molecule has 0 saturated carbocycles. The molecule has 0 amide bonds. The zero-order valence-corrected chi connectivity index (χ0v) is 12.2. The summed E-state index contributed by atoms with van der Waals surface area (Å²) in [6.45, 7) is 0. The maximum Gasteiger partial charge on any atom is 0.165 e. The first-order chi connectivity index (χ1) is 10.1. The lowest BCUT2D eigenvalue weighted by atomic mass is 10.2. The molecule has 0 aliphatic carbocycles. The van der Waals surface area contributed by atoms with E-state index in [1.54, 1.807) is 24.3 Å². The minimum absolute atomic E-state index is 0.151. The van der Waals surface area contributed by atoms with Gasteiger partial charge in [-0.25, -0.2) is 4.98 Å². The summed E-state index contributed by atoms with van der Waals surface area (Å²) in [6, 6.07) is 8.51. The number of hydrogen-bond donors (Lipinski definition) is 2. The number of benzene rings is 1. The highest BCUT2D eigenvalue weighted by atomic mass is 35.5. The molecule has 21 heavy (non-hydrogen) atoms. The number of aromatic nitrogens is 1. The number of anilines is 3. The van der Waals surface area contributed by atoms with E-state index in [0.29, 0.717) is 33.7 Å². The van der Waals surface area contributed by atoms with Gasteiger partial charge in [0.15, 0.2) is 5.69 Å². The molecule has 0 bridgehead atoms. The second-order valence-electron chi connectivity index (χ2n) is 4.06. The number of nitriles is 1. The zero-order chi connectivity index (χ0) is 15.4. The van der Waals surface area contributed by atoms with E-state index in [1.807, 2.05) is 6.07 Å². The van der Waals surface area contributed by atoms with Crippen LogP contribution in [0.3, 0.4) is 0 Å². The molecule has 2 aromatic rings. The van der Waals surface area contributed by atoms with Gasteiger partial charge in [0.2, 0.25) is 0 Å². The summed E-state index contributed by atoms with van der Waals surface area (Å²) in [7, 11) is 3.06. The standard InChI is InChI=1S/C14H13ClN4O2/c1-20-12-6-13(21-2)10(5-8(12)15)18-14-4-3-9(17)11(7-16)19-14/h3-6H,17H2,1-2H3,(H,18,19). The molecule has 0 aliphatic heterocycles. The minimum Gasteiger partial charge on any atom is -0.495 e. The van der Waals surface area contributed by atoms with E-state index in [9.17, 15) is 0 Å². The Bertz CT molecular complexity index is 713. The molecule has 0 unspecified atom stereocenters. The van der Waals surface area contributed by atoms with Gasteiger partial charge in [-0.3, -0.25) is 0 Å².